The van der Waals surface area contributed by atoms with E-state index in [4.69, 9.17) is 0 Å². The molecule has 1 amide bonds. The molecule has 0 spiro atoms. The number of nitrogens with one attached hydrogen (secondary N) is 1. The van der Waals surface area contributed by atoms with Crippen molar-refractivity contribution in [3.8, 4) is 0 Å². The first-order valence-electron chi connectivity index (χ1n) is 11.4. The zero-order valence-electron chi connectivity index (χ0n) is 19.7. The molecule has 34 heavy (non-hydrogen) atoms. The summed E-state index contributed by atoms with van der Waals surface area (Å²) in [7, 11) is 0. The zero-order valence-corrected chi connectivity index (χ0v) is 20.5. The van der Waals surface area contributed by atoms with Crippen LogP contribution in [0, 0.1) is 13.8 Å². The van der Waals surface area contributed by atoms with Gasteiger partial charge in [0.05, 0.1) is 12.3 Å². The van der Waals surface area contributed by atoms with Crippen LogP contribution in [0.5, 0.6) is 0 Å². The second-order valence-electron chi connectivity index (χ2n) is 8.00. The lowest BCUT2D eigenvalue weighted by atomic mass is 10.1. The summed E-state index contributed by atoms with van der Waals surface area (Å²) in [6, 6.07) is 25.8. The molecule has 1 heterocycles. The highest BCUT2D eigenvalue weighted by atomic mass is 32.2. The maximum atomic E-state index is 13.3. The van der Waals surface area contributed by atoms with Gasteiger partial charge in [0.25, 0.3) is 0 Å². The van der Waals surface area contributed by atoms with Crippen LogP contribution in [-0.4, -0.2) is 26.4 Å². The average Bonchev–Trinajstić information content (AvgIpc) is 3.25. The molecule has 1 aromatic heterocycles. The van der Waals surface area contributed by atoms with Crippen LogP contribution >= 0.6 is 11.8 Å². The van der Waals surface area contributed by atoms with Gasteiger partial charge in [-0.2, -0.15) is 0 Å². The zero-order chi connectivity index (χ0) is 23.9. The van der Waals surface area contributed by atoms with E-state index in [0.29, 0.717) is 6.54 Å². The normalized spacial score (nSPS) is 10.8. The van der Waals surface area contributed by atoms with E-state index >= 15 is 0 Å². The van der Waals surface area contributed by atoms with Crippen molar-refractivity contribution in [2.75, 3.05) is 16.0 Å². The van der Waals surface area contributed by atoms with Crippen LogP contribution in [0.1, 0.15) is 23.9 Å². The standard InChI is InChI=1S/C27H29N5OS/c1-4-31-25(18-28-24-16-15-20(2)17-21(24)3)29-30-27(31)34-19-26(33)32(22-11-7-5-8-12-22)23-13-9-6-10-14-23/h5-17,28H,4,18-19H2,1-3H3. The summed E-state index contributed by atoms with van der Waals surface area (Å²) in [5.41, 5.74) is 5.21. The fraction of sp³-hybridized carbons (Fsp3) is 0.222. The van der Waals surface area contributed by atoms with E-state index in [1.54, 1.807) is 4.90 Å². The van der Waals surface area contributed by atoms with Crippen LogP contribution in [0.15, 0.2) is 84.0 Å². The van der Waals surface area contributed by atoms with Crippen molar-refractivity contribution in [3.05, 3.63) is 95.8 Å². The van der Waals surface area contributed by atoms with Crippen molar-refractivity contribution < 1.29 is 4.79 Å². The Hall–Kier alpha value is -3.58. The van der Waals surface area contributed by atoms with Gasteiger partial charge in [-0.05, 0) is 56.7 Å². The Bertz CT molecular complexity index is 1200. The molecule has 4 rings (SSSR count). The van der Waals surface area contributed by atoms with Gasteiger partial charge in [-0.15, -0.1) is 10.2 Å². The SMILES string of the molecule is CCn1c(CNc2ccc(C)cc2C)nnc1SCC(=O)N(c1ccccc1)c1ccccc1. The predicted molar refractivity (Wildman–Crippen MR) is 140 cm³/mol. The molecular formula is C27H29N5OS. The molecule has 0 saturated heterocycles. The highest BCUT2D eigenvalue weighted by molar-refractivity contribution is 7.99. The topological polar surface area (TPSA) is 63.1 Å². The first kappa shape index (κ1) is 23.6. The van der Waals surface area contributed by atoms with E-state index in [1.165, 1.54) is 22.9 Å². The number of carbonyl (C=O) groups excluding carboxylic acids is 1. The maximum Gasteiger partial charge on any atom is 0.242 e. The molecule has 0 atom stereocenters. The number of amides is 1. The fourth-order valence-electron chi connectivity index (χ4n) is 3.84. The third-order valence-corrected chi connectivity index (χ3v) is 6.48. The maximum absolute atomic E-state index is 13.3. The lowest BCUT2D eigenvalue weighted by Gasteiger charge is -2.23. The molecule has 0 fully saturated rings. The lowest BCUT2D eigenvalue weighted by molar-refractivity contribution is -0.115. The first-order valence-corrected chi connectivity index (χ1v) is 12.3. The quantitative estimate of drug-likeness (QED) is 0.304. The third-order valence-electron chi connectivity index (χ3n) is 5.53. The summed E-state index contributed by atoms with van der Waals surface area (Å²) >= 11 is 1.42. The van der Waals surface area contributed by atoms with Crippen molar-refractivity contribution in [2.45, 2.75) is 39.0 Å². The predicted octanol–water partition coefficient (Wildman–Crippen LogP) is 5.98. The number of hydrogen-bond acceptors (Lipinski definition) is 5. The van der Waals surface area contributed by atoms with Crippen molar-refractivity contribution in [3.63, 3.8) is 0 Å². The number of aryl methyl sites for hydroxylation is 2. The molecule has 4 aromatic rings. The van der Waals surface area contributed by atoms with Gasteiger partial charge in [-0.1, -0.05) is 65.9 Å². The number of thioether (sulfide) groups is 1. The van der Waals surface area contributed by atoms with Gasteiger partial charge < -0.3 is 9.88 Å². The van der Waals surface area contributed by atoms with Crippen molar-refractivity contribution in [2.24, 2.45) is 0 Å². The molecule has 6 nitrogen and oxygen atoms in total. The number of hydrogen-bond donors (Lipinski definition) is 1. The van der Waals surface area contributed by atoms with Crippen LogP contribution in [0.3, 0.4) is 0 Å². The Labute approximate surface area is 205 Å². The molecule has 3 aromatic carbocycles. The fourth-order valence-corrected chi connectivity index (χ4v) is 4.71. The molecule has 7 heteroatoms. The van der Waals surface area contributed by atoms with Crippen LogP contribution < -0.4 is 10.2 Å². The average molecular weight is 472 g/mol. The Morgan fingerprint density at radius 1 is 0.941 bits per heavy atom. The number of nitrogens with zero attached hydrogens (tertiary/aromatic N) is 4. The van der Waals surface area contributed by atoms with E-state index in [0.717, 1.165) is 34.6 Å². The van der Waals surface area contributed by atoms with Gasteiger partial charge in [0.1, 0.15) is 0 Å². The molecule has 1 N–H and O–H groups in total. The van der Waals surface area contributed by atoms with Crippen LogP contribution in [-0.2, 0) is 17.9 Å². The van der Waals surface area contributed by atoms with Gasteiger partial charge in [0.2, 0.25) is 5.91 Å². The van der Waals surface area contributed by atoms with Crippen LogP contribution in [0.4, 0.5) is 17.1 Å². The summed E-state index contributed by atoms with van der Waals surface area (Å²) in [6.45, 7) is 7.55. The summed E-state index contributed by atoms with van der Waals surface area (Å²) < 4.78 is 2.06. The first-order chi connectivity index (χ1) is 16.6. The highest BCUT2D eigenvalue weighted by Crippen LogP contribution is 2.27. The molecule has 0 bridgehead atoms. The summed E-state index contributed by atoms with van der Waals surface area (Å²) in [4.78, 5) is 15.1. The van der Waals surface area contributed by atoms with E-state index < -0.39 is 0 Å². The lowest BCUT2D eigenvalue weighted by Crippen LogP contribution is -2.27. The smallest absolute Gasteiger partial charge is 0.242 e. The number of para-hydroxylation sites is 2. The van der Waals surface area contributed by atoms with Crippen molar-refractivity contribution >= 4 is 34.7 Å². The van der Waals surface area contributed by atoms with Crippen molar-refractivity contribution in [1.82, 2.24) is 14.8 Å². The number of benzene rings is 3. The minimum Gasteiger partial charge on any atom is -0.378 e. The molecule has 0 unspecified atom stereocenters. The molecule has 0 radical (unpaired) electrons. The Kier molecular flexibility index (Phi) is 7.65. The summed E-state index contributed by atoms with van der Waals surface area (Å²) in [6.07, 6.45) is 0. The highest BCUT2D eigenvalue weighted by Gasteiger charge is 2.20. The minimum absolute atomic E-state index is 0.0111. The summed E-state index contributed by atoms with van der Waals surface area (Å²) in [5.74, 6) is 1.09. The van der Waals surface area contributed by atoms with Gasteiger partial charge >= 0.3 is 0 Å². The Morgan fingerprint density at radius 2 is 1.59 bits per heavy atom. The Balaban J connectivity index is 1.47. The largest absolute Gasteiger partial charge is 0.378 e. The van der Waals surface area contributed by atoms with Crippen LogP contribution in [0.2, 0.25) is 0 Å². The molecule has 0 aliphatic rings. The second-order valence-corrected chi connectivity index (χ2v) is 8.95. The molecule has 174 valence electrons. The minimum atomic E-state index is -0.0111. The number of aromatic nitrogens is 3. The molecule has 0 aliphatic carbocycles. The van der Waals surface area contributed by atoms with E-state index in [1.807, 2.05) is 60.7 Å². The van der Waals surface area contributed by atoms with Crippen LogP contribution in [0.25, 0.3) is 0 Å². The van der Waals surface area contributed by atoms with Crippen molar-refractivity contribution in [1.29, 1.82) is 0 Å². The van der Waals surface area contributed by atoms with E-state index in [9.17, 15) is 4.79 Å². The third kappa shape index (κ3) is 5.48. The van der Waals surface area contributed by atoms with E-state index in [2.05, 4.69) is 59.1 Å². The van der Waals surface area contributed by atoms with Gasteiger partial charge in [-0.25, -0.2) is 0 Å². The Morgan fingerprint density at radius 3 is 2.18 bits per heavy atom. The second kappa shape index (κ2) is 11.0. The van der Waals surface area contributed by atoms with E-state index in [-0.39, 0.29) is 11.7 Å². The number of carbonyl (C=O) groups is 1. The number of anilines is 3. The van der Waals surface area contributed by atoms with Gasteiger partial charge in [0, 0.05) is 23.6 Å². The molecule has 0 aliphatic heterocycles. The number of rotatable bonds is 9. The van der Waals surface area contributed by atoms with Gasteiger partial charge in [0.15, 0.2) is 11.0 Å². The van der Waals surface area contributed by atoms with Gasteiger partial charge in [-0.3, -0.25) is 9.69 Å². The summed E-state index contributed by atoms with van der Waals surface area (Å²) in [5, 5.41) is 13.0. The monoisotopic (exact) mass is 471 g/mol. The molecular weight excluding hydrogens is 442 g/mol. The molecule has 0 saturated carbocycles.